The van der Waals surface area contributed by atoms with Gasteiger partial charge in [-0.2, -0.15) is 0 Å². The third-order valence-electron chi connectivity index (χ3n) is 4.46. The van der Waals surface area contributed by atoms with Crippen molar-refractivity contribution in [1.82, 2.24) is 4.90 Å². The molecule has 5 heteroatoms. The normalized spacial score (nSPS) is 17.0. The molecule has 2 aromatic rings. The van der Waals surface area contributed by atoms with E-state index in [1.807, 2.05) is 43.3 Å². The van der Waals surface area contributed by atoms with Crippen LogP contribution in [0.5, 0.6) is 5.75 Å². The Kier molecular flexibility index (Phi) is 5.99. The van der Waals surface area contributed by atoms with E-state index in [-0.39, 0.29) is 22.9 Å². The lowest BCUT2D eigenvalue weighted by molar-refractivity contribution is -0.126. The van der Waals surface area contributed by atoms with Gasteiger partial charge in [-0.15, -0.1) is 0 Å². The van der Waals surface area contributed by atoms with Crippen LogP contribution in [0.4, 0.5) is 4.79 Å². The van der Waals surface area contributed by atoms with Crippen molar-refractivity contribution in [1.29, 1.82) is 0 Å². The second-order valence-electron chi connectivity index (χ2n) is 6.40. The van der Waals surface area contributed by atoms with E-state index < -0.39 is 0 Å². The SMILES string of the molecule is CCc1ccc(C[C@H]2SC(=O)N(CCOc3ccc(C)cc3)C2=O)cc1. The van der Waals surface area contributed by atoms with Gasteiger partial charge in [-0.25, -0.2) is 0 Å². The third-order valence-corrected chi connectivity index (χ3v) is 5.54. The summed E-state index contributed by atoms with van der Waals surface area (Å²) >= 11 is 1.12. The van der Waals surface area contributed by atoms with Crippen molar-refractivity contribution in [2.24, 2.45) is 0 Å². The highest BCUT2D eigenvalue weighted by Gasteiger charge is 2.39. The first-order chi connectivity index (χ1) is 12.6. The fourth-order valence-corrected chi connectivity index (χ4v) is 3.90. The number of carbonyl (C=O) groups is 2. The number of aryl methyl sites for hydroxylation is 2. The lowest BCUT2D eigenvalue weighted by atomic mass is 10.1. The van der Waals surface area contributed by atoms with Crippen LogP contribution >= 0.6 is 11.8 Å². The Bertz CT molecular complexity index is 771. The number of ether oxygens (including phenoxy) is 1. The standard InChI is InChI=1S/C21H23NO3S/c1-3-16-6-8-17(9-7-16)14-19-20(23)22(21(24)26-19)12-13-25-18-10-4-15(2)5-11-18/h4-11,19H,3,12-14H2,1-2H3/t19-/m1/s1. The molecule has 1 aliphatic heterocycles. The Balaban J connectivity index is 1.53. The van der Waals surface area contributed by atoms with E-state index in [4.69, 9.17) is 4.74 Å². The van der Waals surface area contributed by atoms with Crippen molar-refractivity contribution in [3.05, 3.63) is 65.2 Å². The Morgan fingerprint density at radius 3 is 2.31 bits per heavy atom. The van der Waals surface area contributed by atoms with Crippen LogP contribution in [0.1, 0.15) is 23.6 Å². The highest BCUT2D eigenvalue weighted by Crippen LogP contribution is 2.29. The van der Waals surface area contributed by atoms with Crippen LogP contribution < -0.4 is 4.74 Å². The van der Waals surface area contributed by atoms with Gasteiger partial charge in [-0.1, -0.05) is 60.6 Å². The van der Waals surface area contributed by atoms with Gasteiger partial charge in [0.25, 0.3) is 5.24 Å². The summed E-state index contributed by atoms with van der Waals surface area (Å²) < 4.78 is 5.64. The molecule has 0 bridgehead atoms. The Morgan fingerprint density at radius 1 is 1.00 bits per heavy atom. The van der Waals surface area contributed by atoms with Gasteiger partial charge in [0.15, 0.2) is 0 Å². The molecule has 4 nitrogen and oxygen atoms in total. The molecule has 1 atom stereocenters. The minimum Gasteiger partial charge on any atom is -0.492 e. The third kappa shape index (κ3) is 4.47. The van der Waals surface area contributed by atoms with Crippen LogP contribution in [-0.2, 0) is 17.6 Å². The van der Waals surface area contributed by atoms with Crippen LogP contribution in [0.15, 0.2) is 48.5 Å². The summed E-state index contributed by atoms with van der Waals surface area (Å²) in [6.07, 6.45) is 1.57. The predicted octanol–water partition coefficient (Wildman–Crippen LogP) is 4.24. The summed E-state index contributed by atoms with van der Waals surface area (Å²) in [4.78, 5) is 26.1. The predicted molar refractivity (Wildman–Crippen MR) is 105 cm³/mol. The second-order valence-corrected chi connectivity index (χ2v) is 7.55. The topological polar surface area (TPSA) is 46.6 Å². The monoisotopic (exact) mass is 369 g/mol. The number of benzene rings is 2. The number of hydrogen-bond donors (Lipinski definition) is 0. The molecule has 1 saturated heterocycles. The first-order valence-corrected chi connectivity index (χ1v) is 9.74. The summed E-state index contributed by atoms with van der Waals surface area (Å²) in [6.45, 7) is 4.71. The highest BCUT2D eigenvalue weighted by atomic mass is 32.2. The van der Waals surface area contributed by atoms with Gasteiger partial charge in [-0.05, 0) is 43.0 Å². The van der Waals surface area contributed by atoms with Crippen LogP contribution in [0.2, 0.25) is 0 Å². The number of carbonyl (C=O) groups excluding carboxylic acids is 2. The maximum absolute atomic E-state index is 12.6. The number of thioether (sulfide) groups is 1. The van der Waals surface area contributed by atoms with Gasteiger partial charge >= 0.3 is 0 Å². The Morgan fingerprint density at radius 2 is 1.65 bits per heavy atom. The van der Waals surface area contributed by atoms with E-state index in [1.165, 1.54) is 10.5 Å². The maximum Gasteiger partial charge on any atom is 0.289 e. The average Bonchev–Trinajstić information content (AvgIpc) is 2.91. The van der Waals surface area contributed by atoms with E-state index in [1.54, 1.807) is 0 Å². The number of nitrogens with zero attached hydrogens (tertiary/aromatic N) is 1. The molecule has 2 amide bonds. The fraction of sp³-hybridized carbons (Fsp3) is 0.333. The number of rotatable bonds is 7. The van der Waals surface area contributed by atoms with Crippen molar-refractivity contribution in [3.63, 3.8) is 0 Å². The van der Waals surface area contributed by atoms with Gasteiger partial charge in [0, 0.05) is 0 Å². The number of imide groups is 1. The van der Waals surface area contributed by atoms with Crippen molar-refractivity contribution in [2.45, 2.75) is 31.9 Å². The molecule has 136 valence electrons. The van der Waals surface area contributed by atoms with Gasteiger partial charge in [0.1, 0.15) is 12.4 Å². The van der Waals surface area contributed by atoms with E-state index in [2.05, 4.69) is 19.1 Å². The minimum absolute atomic E-state index is 0.118. The first kappa shape index (κ1) is 18.5. The van der Waals surface area contributed by atoms with Crippen LogP contribution in [-0.4, -0.2) is 34.4 Å². The number of amides is 2. The molecule has 1 fully saturated rings. The molecule has 0 unspecified atom stereocenters. The molecule has 1 aliphatic rings. The van der Waals surface area contributed by atoms with E-state index in [0.717, 1.165) is 35.1 Å². The highest BCUT2D eigenvalue weighted by molar-refractivity contribution is 8.15. The molecule has 3 rings (SSSR count). The molecule has 0 aliphatic carbocycles. The van der Waals surface area contributed by atoms with Crippen LogP contribution in [0, 0.1) is 6.92 Å². The van der Waals surface area contributed by atoms with Crippen molar-refractivity contribution in [2.75, 3.05) is 13.2 Å². The Labute approximate surface area is 158 Å². The van der Waals surface area contributed by atoms with Crippen molar-refractivity contribution in [3.8, 4) is 5.75 Å². The molecule has 0 saturated carbocycles. The van der Waals surface area contributed by atoms with E-state index in [0.29, 0.717) is 13.0 Å². The summed E-state index contributed by atoms with van der Waals surface area (Å²) in [5.41, 5.74) is 3.51. The van der Waals surface area contributed by atoms with Gasteiger partial charge < -0.3 is 4.74 Å². The molecule has 0 spiro atoms. The zero-order valence-electron chi connectivity index (χ0n) is 15.1. The summed E-state index contributed by atoms with van der Waals surface area (Å²) in [7, 11) is 0. The molecular formula is C21H23NO3S. The summed E-state index contributed by atoms with van der Waals surface area (Å²) in [5, 5.41) is -0.521. The minimum atomic E-state index is -0.339. The molecule has 0 N–H and O–H groups in total. The summed E-state index contributed by atoms with van der Waals surface area (Å²) in [5.74, 6) is 0.627. The maximum atomic E-state index is 12.6. The Hall–Kier alpha value is -2.27. The lowest BCUT2D eigenvalue weighted by Crippen LogP contribution is -2.35. The molecule has 0 aromatic heterocycles. The molecule has 2 aromatic carbocycles. The van der Waals surface area contributed by atoms with Gasteiger partial charge in [0.05, 0.1) is 11.8 Å². The zero-order valence-corrected chi connectivity index (χ0v) is 15.9. The van der Waals surface area contributed by atoms with E-state index >= 15 is 0 Å². The smallest absolute Gasteiger partial charge is 0.289 e. The van der Waals surface area contributed by atoms with Crippen molar-refractivity contribution < 1.29 is 14.3 Å². The number of hydrogen-bond acceptors (Lipinski definition) is 4. The average molecular weight is 369 g/mol. The van der Waals surface area contributed by atoms with Crippen LogP contribution in [0.3, 0.4) is 0 Å². The van der Waals surface area contributed by atoms with Crippen LogP contribution in [0.25, 0.3) is 0 Å². The fourth-order valence-electron chi connectivity index (χ4n) is 2.84. The lowest BCUT2D eigenvalue weighted by Gasteiger charge is -2.14. The zero-order chi connectivity index (χ0) is 18.5. The molecule has 1 heterocycles. The van der Waals surface area contributed by atoms with E-state index in [9.17, 15) is 9.59 Å². The molecular weight excluding hydrogens is 346 g/mol. The largest absolute Gasteiger partial charge is 0.492 e. The second kappa shape index (κ2) is 8.41. The molecule has 0 radical (unpaired) electrons. The summed E-state index contributed by atoms with van der Waals surface area (Å²) in [6, 6.07) is 16.0. The van der Waals surface area contributed by atoms with Gasteiger partial charge in [0.2, 0.25) is 5.91 Å². The quantitative estimate of drug-likeness (QED) is 0.732. The first-order valence-electron chi connectivity index (χ1n) is 8.86. The van der Waals surface area contributed by atoms with Gasteiger partial charge in [-0.3, -0.25) is 14.5 Å². The molecule has 26 heavy (non-hydrogen) atoms. The van der Waals surface area contributed by atoms with Crippen molar-refractivity contribution >= 4 is 22.9 Å².